The molecule has 0 radical (unpaired) electrons. The van der Waals surface area contributed by atoms with Crippen LogP contribution in [0.3, 0.4) is 0 Å². The van der Waals surface area contributed by atoms with Crippen LogP contribution in [-0.4, -0.2) is 12.1 Å². The molecule has 4 nitrogen and oxygen atoms in total. The number of halogens is 1. The second kappa shape index (κ2) is 7.23. The standard InChI is InChI=1S/C14H15BrN2O2/c1-18-10-13-14(15)12(7-8-16-13)17-19-9-11-5-3-2-4-6-11/h2-8H,9-10H2,1H3,(H,16,17). The van der Waals surface area contributed by atoms with Gasteiger partial charge in [0.2, 0.25) is 0 Å². The molecule has 2 rings (SSSR count). The van der Waals surface area contributed by atoms with Gasteiger partial charge in [0, 0.05) is 13.3 Å². The van der Waals surface area contributed by atoms with E-state index < -0.39 is 0 Å². The number of methoxy groups -OCH3 is 1. The summed E-state index contributed by atoms with van der Waals surface area (Å²) in [6, 6.07) is 11.8. The van der Waals surface area contributed by atoms with Crippen molar-refractivity contribution in [3.05, 3.63) is 58.3 Å². The van der Waals surface area contributed by atoms with E-state index in [2.05, 4.69) is 26.4 Å². The van der Waals surface area contributed by atoms with Gasteiger partial charge in [-0.05, 0) is 27.6 Å². The third kappa shape index (κ3) is 4.02. The Morgan fingerprint density at radius 2 is 1.95 bits per heavy atom. The number of benzene rings is 1. The second-order valence-corrected chi connectivity index (χ2v) is 4.72. The monoisotopic (exact) mass is 322 g/mol. The van der Waals surface area contributed by atoms with Crippen LogP contribution in [0, 0.1) is 0 Å². The van der Waals surface area contributed by atoms with E-state index in [0.29, 0.717) is 13.2 Å². The zero-order valence-corrected chi connectivity index (χ0v) is 12.2. The van der Waals surface area contributed by atoms with Crippen LogP contribution in [0.4, 0.5) is 5.69 Å². The van der Waals surface area contributed by atoms with Gasteiger partial charge in [-0.3, -0.25) is 15.3 Å². The van der Waals surface area contributed by atoms with Crippen molar-refractivity contribution in [2.24, 2.45) is 0 Å². The van der Waals surface area contributed by atoms with Crippen LogP contribution < -0.4 is 5.48 Å². The minimum absolute atomic E-state index is 0.453. The molecular weight excluding hydrogens is 308 g/mol. The number of nitrogens with one attached hydrogen (secondary N) is 1. The van der Waals surface area contributed by atoms with E-state index in [9.17, 15) is 0 Å². The average molecular weight is 323 g/mol. The van der Waals surface area contributed by atoms with Crippen LogP contribution in [0.2, 0.25) is 0 Å². The molecule has 1 N–H and O–H groups in total. The molecule has 0 unspecified atom stereocenters. The van der Waals surface area contributed by atoms with Crippen molar-refractivity contribution < 1.29 is 9.57 Å². The number of ether oxygens (including phenoxy) is 1. The molecule has 0 atom stereocenters. The third-order valence-corrected chi connectivity index (χ3v) is 3.39. The van der Waals surface area contributed by atoms with Crippen LogP contribution >= 0.6 is 15.9 Å². The Kier molecular flexibility index (Phi) is 5.32. The molecule has 1 aromatic heterocycles. The van der Waals surface area contributed by atoms with Crippen molar-refractivity contribution in [3.8, 4) is 0 Å². The topological polar surface area (TPSA) is 43.4 Å². The molecule has 0 aliphatic rings. The maximum atomic E-state index is 5.47. The molecule has 0 spiro atoms. The van der Waals surface area contributed by atoms with E-state index in [1.807, 2.05) is 36.4 Å². The summed E-state index contributed by atoms with van der Waals surface area (Å²) < 4.78 is 5.93. The van der Waals surface area contributed by atoms with Crippen LogP contribution in [0.5, 0.6) is 0 Å². The highest BCUT2D eigenvalue weighted by atomic mass is 79.9. The number of pyridine rings is 1. The molecule has 1 heterocycles. The van der Waals surface area contributed by atoms with Gasteiger partial charge in [0.05, 0.1) is 29.1 Å². The fourth-order valence-electron chi connectivity index (χ4n) is 1.57. The molecule has 0 bridgehead atoms. The van der Waals surface area contributed by atoms with Crippen LogP contribution in [0.1, 0.15) is 11.3 Å². The smallest absolute Gasteiger partial charge is 0.0996 e. The van der Waals surface area contributed by atoms with E-state index in [-0.39, 0.29) is 0 Å². The number of hydrogen-bond donors (Lipinski definition) is 1. The molecule has 0 saturated heterocycles. The highest BCUT2D eigenvalue weighted by molar-refractivity contribution is 9.10. The number of rotatable bonds is 6. The Labute approximate surface area is 120 Å². The first-order chi connectivity index (χ1) is 9.31. The summed E-state index contributed by atoms with van der Waals surface area (Å²) >= 11 is 3.48. The first-order valence-electron chi connectivity index (χ1n) is 5.85. The lowest BCUT2D eigenvalue weighted by molar-refractivity contribution is 0.176. The summed E-state index contributed by atoms with van der Waals surface area (Å²) in [4.78, 5) is 9.70. The Morgan fingerprint density at radius 1 is 1.16 bits per heavy atom. The molecule has 0 saturated carbocycles. The quantitative estimate of drug-likeness (QED) is 0.826. The highest BCUT2D eigenvalue weighted by Crippen LogP contribution is 2.25. The maximum absolute atomic E-state index is 5.47. The molecule has 100 valence electrons. The van der Waals surface area contributed by atoms with Gasteiger partial charge >= 0.3 is 0 Å². The Morgan fingerprint density at radius 3 is 2.68 bits per heavy atom. The summed E-state index contributed by atoms with van der Waals surface area (Å²) in [7, 11) is 1.64. The van der Waals surface area contributed by atoms with E-state index in [4.69, 9.17) is 9.57 Å². The zero-order valence-electron chi connectivity index (χ0n) is 10.6. The van der Waals surface area contributed by atoms with Crippen molar-refractivity contribution in [1.29, 1.82) is 0 Å². The van der Waals surface area contributed by atoms with E-state index in [0.717, 1.165) is 21.4 Å². The van der Waals surface area contributed by atoms with Gasteiger partial charge in [0.1, 0.15) is 0 Å². The minimum atomic E-state index is 0.453. The Balaban J connectivity index is 1.94. The SMILES string of the molecule is COCc1nccc(NOCc2ccccc2)c1Br. The maximum Gasteiger partial charge on any atom is 0.0996 e. The van der Waals surface area contributed by atoms with Gasteiger partial charge < -0.3 is 4.74 Å². The molecule has 5 heteroatoms. The van der Waals surface area contributed by atoms with Crippen molar-refractivity contribution in [3.63, 3.8) is 0 Å². The lowest BCUT2D eigenvalue weighted by Gasteiger charge is -2.11. The van der Waals surface area contributed by atoms with Gasteiger partial charge in [-0.1, -0.05) is 30.3 Å². The fraction of sp³-hybridized carbons (Fsp3) is 0.214. The van der Waals surface area contributed by atoms with Crippen molar-refractivity contribution in [2.45, 2.75) is 13.2 Å². The molecule has 19 heavy (non-hydrogen) atoms. The van der Waals surface area contributed by atoms with Gasteiger partial charge in [-0.15, -0.1) is 0 Å². The van der Waals surface area contributed by atoms with Crippen LogP contribution in [0.15, 0.2) is 47.1 Å². The summed E-state index contributed by atoms with van der Waals surface area (Å²) in [6.45, 7) is 0.948. The summed E-state index contributed by atoms with van der Waals surface area (Å²) in [5.41, 5.74) is 5.69. The molecular formula is C14H15BrN2O2. The predicted molar refractivity (Wildman–Crippen MR) is 77.5 cm³/mol. The zero-order chi connectivity index (χ0) is 13.5. The lowest BCUT2D eigenvalue weighted by Crippen LogP contribution is -2.04. The molecule has 1 aromatic carbocycles. The summed E-state index contributed by atoms with van der Waals surface area (Å²) in [5, 5.41) is 0. The highest BCUT2D eigenvalue weighted by Gasteiger charge is 2.06. The third-order valence-electron chi connectivity index (χ3n) is 2.51. The normalized spacial score (nSPS) is 10.4. The molecule has 0 aliphatic carbocycles. The molecule has 0 aliphatic heterocycles. The van der Waals surface area contributed by atoms with Gasteiger partial charge in [0.25, 0.3) is 0 Å². The Bertz CT molecular complexity index is 520. The minimum Gasteiger partial charge on any atom is -0.378 e. The summed E-state index contributed by atoms with van der Waals surface area (Å²) in [6.07, 6.45) is 1.72. The van der Waals surface area contributed by atoms with Crippen LogP contribution in [-0.2, 0) is 22.8 Å². The van der Waals surface area contributed by atoms with Gasteiger partial charge in [-0.25, -0.2) is 0 Å². The lowest BCUT2D eigenvalue weighted by atomic mass is 10.2. The average Bonchev–Trinajstić information content (AvgIpc) is 2.44. The number of aromatic nitrogens is 1. The van der Waals surface area contributed by atoms with E-state index in [1.165, 1.54) is 0 Å². The first-order valence-corrected chi connectivity index (χ1v) is 6.64. The number of nitrogens with zero attached hydrogens (tertiary/aromatic N) is 1. The first kappa shape index (κ1) is 14.0. The molecule has 2 aromatic rings. The van der Waals surface area contributed by atoms with Crippen molar-refractivity contribution >= 4 is 21.6 Å². The largest absolute Gasteiger partial charge is 0.378 e. The van der Waals surface area contributed by atoms with E-state index >= 15 is 0 Å². The predicted octanol–water partition coefficient (Wildman–Crippen LogP) is 3.53. The van der Waals surface area contributed by atoms with Gasteiger partial charge in [0.15, 0.2) is 0 Å². The van der Waals surface area contributed by atoms with Crippen LogP contribution in [0.25, 0.3) is 0 Å². The number of anilines is 1. The van der Waals surface area contributed by atoms with Crippen molar-refractivity contribution in [1.82, 2.24) is 4.98 Å². The second-order valence-electron chi connectivity index (χ2n) is 3.93. The molecule has 0 amide bonds. The van der Waals surface area contributed by atoms with Gasteiger partial charge in [-0.2, -0.15) is 0 Å². The van der Waals surface area contributed by atoms with E-state index in [1.54, 1.807) is 13.3 Å². The summed E-state index contributed by atoms with van der Waals surface area (Å²) in [5.74, 6) is 0. The fourth-order valence-corrected chi connectivity index (χ4v) is 2.00. The van der Waals surface area contributed by atoms with Crippen molar-refractivity contribution in [2.75, 3.05) is 12.6 Å². The molecule has 0 fully saturated rings. The Hall–Kier alpha value is -1.43. The number of hydrogen-bond acceptors (Lipinski definition) is 4.